The van der Waals surface area contributed by atoms with E-state index in [1.54, 1.807) is 18.2 Å². The molecule has 1 unspecified atom stereocenters. The summed E-state index contributed by atoms with van der Waals surface area (Å²) >= 11 is 0. The van der Waals surface area contributed by atoms with Crippen LogP contribution in [0.2, 0.25) is 0 Å². The van der Waals surface area contributed by atoms with E-state index in [2.05, 4.69) is 21.0 Å². The molecule has 3 N–H and O–H groups in total. The minimum absolute atomic E-state index is 0.00600. The normalized spacial score (nSPS) is 15.4. The van der Waals surface area contributed by atoms with Gasteiger partial charge in [0.15, 0.2) is 18.1 Å². The van der Waals surface area contributed by atoms with E-state index in [0.29, 0.717) is 17.4 Å². The molecule has 2 aromatic rings. The van der Waals surface area contributed by atoms with Gasteiger partial charge in [0, 0.05) is 11.3 Å². The number of hydrogen-bond acceptors (Lipinski definition) is 8. The number of carbonyl (C=O) groups is 1. The predicted molar refractivity (Wildman–Crippen MR) is 93.1 cm³/mol. The van der Waals surface area contributed by atoms with E-state index in [1.165, 1.54) is 14.2 Å². The van der Waals surface area contributed by atoms with Gasteiger partial charge in [-0.15, -0.1) is 5.10 Å². The molecule has 0 amide bonds. The van der Waals surface area contributed by atoms with Crippen molar-refractivity contribution in [3.8, 4) is 23.4 Å². The summed E-state index contributed by atoms with van der Waals surface area (Å²) in [5, 5.41) is 16.5. The van der Waals surface area contributed by atoms with Gasteiger partial charge in [0.25, 0.3) is 0 Å². The molecule has 0 radical (unpaired) electrons. The lowest BCUT2D eigenvalue weighted by Crippen LogP contribution is -2.21. The molecule has 1 aromatic heterocycles. The van der Waals surface area contributed by atoms with E-state index < -0.39 is 11.9 Å². The maximum absolute atomic E-state index is 11.3. The molecule has 9 nitrogen and oxygen atoms in total. The highest BCUT2D eigenvalue weighted by atomic mass is 16.6. The Bertz CT molecular complexity index is 957. The predicted octanol–water partition coefficient (Wildman–Crippen LogP) is 1.50. The Morgan fingerprint density at radius 3 is 2.85 bits per heavy atom. The van der Waals surface area contributed by atoms with Crippen molar-refractivity contribution in [2.45, 2.75) is 12.8 Å². The topological polar surface area (TPSA) is 132 Å². The largest absolute Gasteiger partial charge is 0.493 e. The van der Waals surface area contributed by atoms with Crippen LogP contribution in [-0.2, 0) is 9.53 Å². The summed E-state index contributed by atoms with van der Waals surface area (Å²) in [5.74, 6) is 0.137. The molecule has 0 aliphatic carbocycles. The van der Waals surface area contributed by atoms with Crippen LogP contribution in [0.5, 0.6) is 17.4 Å². The smallest absolute Gasteiger partial charge is 0.343 e. The number of nitriles is 1. The Balaban J connectivity index is 2.04. The molecule has 1 atom stereocenters. The number of hydrogen-bond donors (Lipinski definition) is 2. The number of esters is 1. The number of nitrogens with one attached hydrogen (secondary N) is 1. The summed E-state index contributed by atoms with van der Waals surface area (Å²) in [6, 6.07) is 7.27. The van der Waals surface area contributed by atoms with E-state index in [1.807, 2.05) is 6.92 Å². The van der Waals surface area contributed by atoms with Gasteiger partial charge < -0.3 is 24.7 Å². The van der Waals surface area contributed by atoms with Gasteiger partial charge >= 0.3 is 5.97 Å². The van der Waals surface area contributed by atoms with Crippen LogP contribution in [0.15, 0.2) is 29.7 Å². The van der Waals surface area contributed by atoms with Crippen molar-refractivity contribution in [3.63, 3.8) is 0 Å². The fourth-order valence-electron chi connectivity index (χ4n) is 2.91. The Labute approximate surface area is 155 Å². The summed E-state index contributed by atoms with van der Waals surface area (Å²) in [4.78, 5) is 11.3. The first-order valence-electron chi connectivity index (χ1n) is 8.00. The number of benzene rings is 1. The van der Waals surface area contributed by atoms with E-state index in [0.717, 1.165) is 16.8 Å². The van der Waals surface area contributed by atoms with E-state index in [-0.39, 0.29) is 18.1 Å². The van der Waals surface area contributed by atoms with Gasteiger partial charge in [-0.2, -0.15) is 5.26 Å². The highest BCUT2D eigenvalue weighted by Crippen LogP contribution is 2.44. The molecule has 0 fully saturated rings. The quantitative estimate of drug-likeness (QED) is 0.757. The molecular formula is C18H18N4O5. The molecule has 27 heavy (non-hydrogen) atoms. The molecular weight excluding hydrogens is 352 g/mol. The van der Waals surface area contributed by atoms with E-state index >= 15 is 0 Å². The van der Waals surface area contributed by atoms with E-state index in [9.17, 15) is 10.1 Å². The summed E-state index contributed by atoms with van der Waals surface area (Å²) in [6.07, 6.45) is 0. The molecule has 0 spiro atoms. The maximum Gasteiger partial charge on any atom is 0.343 e. The molecule has 9 heteroatoms. The van der Waals surface area contributed by atoms with Gasteiger partial charge in [-0.1, -0.05) is 6.07 Å². The lowest BCUT2D eigenvalue weighted by Gasteiger charge is -2.24. The van der Waals surface area contributed by atoms with Gasteiger partial charge in [0.05, 0.1) is 20.1 Å². The zero-order valence-electron chi connectivity index (χ0n) is 15.0. The van der Waals surface area contributed by atoms with Crippen LogP contribution in [0.25, 0.3) is 0 Å². The zero-order valence-corrected chi connectivity index (χ0v) is 15.0. The van der Waals surface area contributed by atoms with Crippen molar-refractivity contribution in [1.29, 1.82) is 5.26 Å². The first-order valence-corrected chi connectivity index (χ1v) is 8.00. The summed E-state index contributed by atoms with van der Waals surface area (Å²) in [6.45, 7) is 1.59. The Morgan fingerprint density at radius 2 is 2.19 bits per heavy atom. The lowest BCUT2D eigenvalue weighted by atomic mass is 9.84. The first kappa shape index (κ1) is 18.1. The van der Waals surface area contributed by atoms with Gasteiger partial charge in [0.1, 0.15) is 11.6 Å². The Morgan fingerprint density at radius 1 is 1.41 bits per heavy atom. The maximum atomic E-state index is 11.3. The zero-order chi connectivity index (χ0) is 19.6. The average molecular weight is 370 g/mol. The van der Waals surface area contributed by atoms with Crippen molar-refractivity contribution in [1.82, 2.24) is 10.2 Å². The Hall–Kier alpha value is -3.67. The van der Waals surface area contributed by atoms with Crippen molar-refractivity contribution in [2.75, 3.05) is 20.8 Å². The molecule has 3 rings (SSSR count). The number of fused-ring (bicyclic) bond motifs is 1. The van der Waals surface area contributed by atoms with E-state index in [4.69, 9.17) is 19.9 Å². The number of aromatic amines is 1. The number of rotatable bonds is 5. The SMILES string of the molecule is COC(=O)COc1ccc(C2C(C#N)=C(N)Oc3n[nH]c(C)c32)cc1OC. The summed E-state index contributed by atoms with van der Waals surface area (Å²) in [7, 11) is 2.76. The minimum Gasteiger partial charge on any atom is -0.493 e. The van der Waals surface area contributed by atoms with Crippen molar-refractivity contribution in [3.05, 3.63) is 46.5 Å². The van der Waals surface area contributed by atoms with Crippen LogP contribution in [0.3, 0.4) is 0 Å². The summed E-state index contributed by atoms with van der Waals surface area (Å²) in [5.41, 5.74) is 8.42. The second-order valence-electron chi connectivity index (χ2n) is 5.77. The number of H-pyrrole nitrogens is 1. The second kappa shape index (κ2) is 7.29. The molecule has 2 heterocycles. The monoisotopic (exact) mass is 370 g/mol. The molecule has 0 saturated carbocycles. The molecule has 1 aromatic carbocycles. The fraction of sp³-hybridized carbons (Fsp3) is 0.278. The molecule has 1 aliphatic rings. The average Bonchev–Trinajstić information content (AvgIpc) is 3.04. The third kappa shape index (κ3) is 3.25. The van der Waals surface area contributed by atoms with Crippen LogP contribution < -0.4 is 19.9 Å². The molecule has 0 saturated heterocycles. The molecule has 140 valence electrons. The number of aromatic nitrogens is 2. The molecule has 1 aliphatic heterocycles. The highest BCUT2D eigenvalue weighted by Gasteiger charge is 2.34. The summed E-state index contributed by atoms with van der Waals surface area (Å²) < 4.78 is 20.8. The lowest BCUT2D eigenvalue weighted by molar-refractivity contribution is -0.142. The number of nitrogens with zero attached hydrogens (tertiary/aromatic N) is 2. The fourth-order valence-corrected chi connectivity index (χ4v) is 2.91. The standard InChI is InChI=1S/C18H18N4O5/c1-9-15-16(11(7-19)17(20)27-18(15)22-21-9)10-4-5-12(13(6-10)24-2)26-8-14(23)25-3/h4-6,16H,8,20H2,1-3H3,(H,21,22). The Kier molecular flexibility index (Phi) is 4.90. The van der Waals surface area contributed by atoms with Crippen LogP contribution in [0.1, 0.15) is 22.7 Å². The number of aryl methyl sites for hydroxylation is 1. The first-order chi connectivity index (χ1) is 13.0. The van der Waals surface area contributed by atoms with Crippen molar-refractivity contribution < 1.29 is 23.7 Å². The highest BCUT2D eigenvalue weighted by molar-refractivity contribution is 5.71. The number of nitrogens with two attached hydrogens (primary N) is 1. The number of allylic oxidation sites excluding steroid dienone is 1. The molecule has 0 bridgehead atoms. The minimum atomic E-state index is -0.508. The van der Waals surface area contributed by atoms with Gasteiger partial charge in [-0.25, -0.2) is 4.79 Å². The van der Waals surface area contributed by atoms with Crippen LogP contribution in [0.4, 0.5) is 0 Å². The number of methoxy groups -OCH3 is 2. The third-order valence-electron chi connectivity index (χ3n) is 4.22. The van der Waals surface area contributed by atoms with Crippen molar-refractivity contribution in [2.24, 2.45) is 5.73 Å². The number of ether oxygens (including phenoxy) is 4. The van der Waals surface area contributed by atoms with Crippen LogP contribution in [-0.4, -0.2) is 37.0 Å². The van der Waals surface area contributed by atoms with Crippen LogP contribution >= 0.6 is 0 Å². The third-order valence-corrected chi connectivity index (χ3v) is 4.22. The van der Waals surface area contributed by atoms with Crippen molar-refractivity contribution >= 4 is 5.97 Å². The van der Waals surface area contributed by atoms with Crippen LogP contribution in [0, 0.1) is 18.3 Å². The van der Waals surface area contributed by atoms with Gasteiger partial charge in [-0.3, -0.25) is 5.10 Å². The second-order valence-corrected chi connectivity index (χ2v) is 5.77. The number of carbonyl (C=O) groups excluding carboxylic acids is 1. The van der Waals surface area contributed by atoms with Gasteiger partial charge in [-0.05, 0) is 24.6 Å². The van der Waals surface area contributed by atoms with Gasteiger partial charge in [0.2, 0.25) is 11.8 Å².